The third-order valence-corrected chi connectivity index (χ3v) is 4.23. The zero-order valence-corrected chi connectivity index (χ0v) is 13.1. The standard InChI is InChI=1S/C16H27N3O2/c1-18(2)16(21)15-9-8-13(17-15)12-19(10-11-20)14-6-4-3-5-7-14/h8-9,14,17,20H,3-7,10-12H2,1-2H3. The first-order chi connectivity index (χ1) is 10.1. The number of hydrogen-bond acceptors (Lipinski definition) is 3. The highest BCUT2D eigenvalue weighted by Crippen LogP contribution is 2.23. The molecule has 1 heterocycles. The predicted molar refractivity (Wildman–Crippen MR) is 83.2 cm³/mol. The molecule has 21 heavy (non-hydrogen) atoms. The second-order valence-corrected chi connectivity index (χ2v) is 6.08. The summed E-state index contributed by atoms with van der Waals surface area (Å²) < 4.78 is 0. The second-order valence-electron chi connectivity index (χ2n) is 6.08. The van der Waals surface area contributed by atoms with Crippen LogP contribution in [0, 0.1) is 0 Å². The van der Waals surface area contributed by atoms with Crippen LogP contribution in [0.2, 0.25) is 0 Å². The van der Waals surface area contributed by atoms with Gasteiger partial charge in [-0.3, -0.25) is 9.69 Å². The Morgan fingerprint density at radius 3 is 2.62 bits per heavy atom. The van der Waals surface area contributed by atoms with Crippen LogP contribution < -0.4 is 0 Å². The zero-order chi connectivity index (χ0) is 15.2. The van der Waals surface area contributed by atoms with Gasteiger partial charge in [0.15, 0.2) is 0 Å². The van der Waals surface area contributed by atoms with E-state index in [0.717, 1.165) is 12.2 Å². The van der Waals surface area contributed by atoms with Crippen LogP contribution in [-0.2, 0) is 6.54 Å². The van der Waals surface area contributed by atoms with Crippen molar-refractivity contribution >= 4 is 5.91 Å². The summed E-state index contributed by atoms with van der Waals surface area (Å²) in [6.45, 7) is 1.65. The van der Waals surface area contributed by atoms with Crippen molar-refractivity contribution in [3.8, 4) is 0 Å². The molecule has 0 spiro atoms. The maximum absolute atomic E-state index is 11.9. The van der Waals surface area contributed by atoms with Gasteiger partial charge < -0.3 is 15.0 Å². The number of rotatable bonds is 6. The van der Waals surface area contributed by atoms with Gasteiger partial charge in [0.2, 0.25) is 0 Å². The fourth-order valence-electron chi connectivity index (χ4n) is 3.08. The number of aromatic nitrogens is 1. The molecular weight excluding hydrogens is 266 g/mol. The lowest BCUT2D eigenvalue weighted by Gasteiger charge is -2.33. The van der Waals surface area contributed by atoms with E-state index >= 15 is 0 Å². The predicted octanol–water partition coefficient (Wildman–Crippen LogP) is 1.84. The molecule has 0 radical (unpaired) electrons. The Morgan fingerprint density at radius 1 is 1.29 bits per heavy atom. The first kappa shape index (κ1) is 16.0. The van der Waals surface area contributed by atoms with Crippen molar-refractivity contribution in [3.05, 3.63) is 23.5 Å². The third kappa shape index (κ3) is 4.32. The van der Waals surface area contributed by atoms with E-state index in [0.29, 0.717) is 18.3 Å². The average molecular weight is 293 g/mol. The molecule has 1 aliphatic carbocycles. The summed E-state index contributed by atoms with van der Waals surface area (Å²) in [4.78, 5) is 19.0. The van der Waals surface area contributed by atoms with E-state index in [1.54, 1.807) is 19.0 Å². The quantitative estimate of drug-likeness (QED) is 0.841. The Kier molecular flexibility index (Phi) is 5.82. The number of carbonyl (C=O) groups is 1. The van der Waals surface area contributed by atoms with Crippen molar-refractivity contribution in [2.24, 2.45) is 0 Å². The van der Waals surface area contributed by atoms with Crippen LogP contribution in [0.5, 0.6) is 0 Å². The molecule has 0 aliphatic heterocycles. The molecular formula is C16H27N3O2. The molecule has 0 saturated heterocycles. The highest BCUT2D eigenvalue weighted by atomic mass is 16.3. The lowest BCUT2D eigenvalue weighted by molar-refractivity contribution is 0.0821. The summed E-state index contributed by atoms with van der Waals surface area (Å²) in [5.74, 6) is -0.00683. The largest absolute Gasteiger partial charge is 0.395 e. The van der Waals surface area contributed by atoms with Gasteiger partial charge in [0.25, 0.3) is 5.91 Å². The highest BCUT2D eigenvalue weighted by Gasteiger charge is 2.21. The lowest BCUT2D eigenvalue weighted by atomic mass is 9.94. The van der Waals surface area contributed by atoms with Crippen LogP contribution >= 0.6 is 0 Å². The zero-order valence-electron chi connectivity index (χ0n) is 13.1. The van der Waals surface area contributed by atoms with Crippen molar-refractivity contribution < 1.29 is 9.90 Å². The number of hydrogen-bond donors (Lipinski definition) is 2. The van der Waals surface area contributed by atoms with E-state index in [-0.39, 0.29) is 12.5 Å². The van der Waals surface area contributed by atoms with Crippen molar-refractivity contribution in [1.82, 2.24) is 14.8 Å². The van der Waals surface area contributed by atoms with E-state index in [9.17, 15) is 9.90 Å². The number of carbonyl (C=O) groups excluding carboxylic acids is 1. The van der Waals surface area contributed by atoms with Crippen LogP contribution in [0.3, 0.4) is 0 Å². The van der Waals surface area contributed by atoms with Crippen molar-refractivity contribution in [1.29, 1.82) is 0 Å². The number of aromatic amines is 1. The molecule has 1 amide bonds. The lowest BCUT2D eigenvalue weighted by Crippen LogP contribution is -2.38. The van der Waals surface area contributed by atoms with E-state index in [1.807, 2.05) is 12.1 Å². The van der Waals surface area contributed by atoms with E-state index in [1.165, 1.54) is 32.1 Å². The number of H-pyrrole nitrogens is 1. The molecule has 2 rings (SSSR count). The smallest absolute Gasteiger partial charge is 0.269 e. The minimum Gasteiger partial charge on any atom is -0.395 e. The summed E-state index contributed by atoms with van der Waals surface area (Å²) in [5, 5.41) is 9.30. The minimum absolute atomic E-state index is 0.00683. The number of amides is 1. The normalized spacial score (nSPS) is 16.4. The van der Waals surface area contributed by atoms with Gasteiger partial charge in [0.1, 0.15) is 5.69 Å². The maximum Gasteiger partial charge on any atom is 0.269 e. The molecule has 118 valence electrons. The SMILES string of the molecule is CN(C)C(=O)c1ccc(CN(CCO)C2CCCCC2)[nH]1. The minimum atomic E-state index is -0.00683. The monoisotopic (exact) mass is 293 g/mol. The fourth-order valence-corrected chi connectivity index (χ4v) is 3.08. The molecule has 1 aromatic heterocycles. The summed E-state index contributed by atoms with van der Waals surface area (Å²) in [7, 11) is 3.51. The fraction of sp³-hybridized carbons (Fsp3) is 0.688. The molecule has 1 fully saturated rings. The van der Waals surface area contributed by atoms with Crippen LogP contribution in [0.15, 0.2) is 12.1 Å². The van der Waals surface area contributed by atoms with Gasteiger partial charge in [-0.15, -0.1) is 0 Å². The van der Waals surface area contributed by atoms with Gasteiger partial charge in [-0.05, 0) is 25.0 Å². The van der Waals surface area contributed by atoms with Gasteiger partial charge in [0, 0.05) is 38.9 Å². The van der Waals surface area contributed by atoms with Crippen LogP contribution in [0.1, 0.15) is 48.3 Å². The van der Waals surface area contributed by atoms with E-state index in [2.05, 4.69) is 9.88 Å². The molecule has 5 heteroatoms. The van der Waals surface area contributed by atoms with Gasteiger partial charge >= 0.3 is 0 Å². The Morgan fingerprint density at radius 2 is 2.00 bits per heavy atom. The topological polar surface area (TPSA) is 59.6 Å². The number of nitrogens with one attached hydrogen (secondary N) is 1. The van der Waals surface area contributed by atoms with E-state index < -0.39 is 0 Å². The first-order valence-corrected chi connectivity index (χ1v) is 7.86. The van der Waals surface area contributed by atoms with Gasteiger partial charge in [-0.25, -0.2) is 0 Å². The number of nitrogens with zero attached hydrogens (tertiary/aromatic N) is 2. The van der Waals surface area contributed by atoms with Crippen LogP contribution in [0.4, 0.5) is 0 Å². The van der Waals surface area contributed by atoms with Crippen molar-refractivity contribution in [3.63, 3.8) is 0 Å². The molecule has 0 unspecified atom stereocenters. The van der Waals surface area contributed by atoms with Gasteiger partial charge in [-0.1, -0.05) is 19.3 Å². The Bertz CT molecular complexity index is 450. The first-order valence-electron chi connectivity index (χ1n) is 7.86. The molecule has 2 N–H and O–H groups in total. The maximum atomic E-state index is 11.9. The molecule has 1 saturated carbocycles. The number of aliphatic hydroxyl groups excluding tert-OH is 1. The van der Waals surface area contributed by atoms with Crippen molar-refractivity contribution in [2.45, 2.75) is 44.7 Å². The molecule has 0 bridgehead atoms. The Hall–Kier alpha value is -1.33. The molecule has 1 aromatic rings. The van der Waals surface area contributed by atoms with Gasteiger partial charge in [0.05, 0.1) is 6.61 Å². The van der Waals surface area contributed by atoms with Gasteiger partial charge in [-0.2, -0.15) is 0 Å². The summed E-state index contributed by atoms with van der Waals surface area (Å²) >= 11 is 0. The molecule has 0 atom stereocenters. The van der Waals surface area contributed by atoms with Crippen LogP contribution in [0.25, 0.3) is 0 Å². The Balaban J connectivity index is 2.01. The summed E-state index contributed by atoms with van der Waals surface area (Å²) in [6, 6.07) is 4.38. The summed E-state index contributed by atoms with van der Waals surface area (Å²) in [6.07, 6.45) is 6.31. The second kappa shape index (κ2) is 7.61. The third-order valence-electron chi connectivity index (χ3n) is 4.23. The average Bonchev–Trinajstić information content (AvgIpc) is 2.95. The summed E-state index contributed by atoms with van der Waals surface area (Å²) in [5.41, 5.74) is 1.67. The molecule has 1 aliphatic rings. The van der Waals surface area contributed by atoms with Crippen molar-refractivity contribution in [2.75, 3.05) is 27.2 Å². The highest BCUT2D eigenvalue weighted by molar-refractivity contribution is 5.92. The molecule has 5 nitrogen and oxygen atoms in total. The van der Waals surface area contributed by atoms with Crippen LogP contribution in [-0.4, -0.2) is 59.1 Å². The van der Waals surface area contributed by atoms with E-state index in [4.69, 9.17) is 0 Å². The molecule has 0 aromatic carbocycles. The Labute approximate surface area is 126 Å². The number of aliphatic hydroxyl groups is 1.